The van der Waals surface area contributed by atoms with E-state index in [1.165, 1.54) is 18.2 Å². The van der Waals surface area contributed by atoms with Gasteiger partial charge in [0, 0.05) is 30.3 Å². The van der Waals surface area contributed by atoms with E-state index in [9.17, 15) is 14.9 Å². The quantitative estimate of drug-likeness (QED) is 0.561. The van der Waals surface area contributed by atoms with E-state index in [0.29, 0.717) is 17.9 Å². The molecular formula is C14H21N3O4. The van der Waals surface area contributed by atoms with Crippen molar-refractivity contribution in [1.29, 1.82) is 0 Å². The molecule has 0 spiro atoms. The number of carbonyl (C=O) groups is 1. The number of nitrogens with one attached hydrogen (secondary N) is 2. The Hall–Kier alpha value is -2.15. The number of nitro groups is 1. The summed E-state index contributed by atoms with van der Waals surface area (Å²) < 4.78 is 5.46. The minimum atomic E-state index is -0.454. The number of non-ortho nitro benzene ring substituents is 1. The van der Waals surface area contributed by atoms with Crippen LogP contribution >= 0.6 is 0 Å². The van der Waals surface area contributed by atoms with Crippen molar-refractivity contribution in [3.63, 3.8) is 0 Å². The first-order valence-corrected chi connectivity index (χ1v) is 6.84. The third-order valence-electron chi connectivity index (χ3n) is 2.63. The SMILES string of the molecule is CCNCc1cc([N+](=O)[O-])ccc1OCC(=O)NC(C)C. The highest BCUT2D eigenvalue weighted by Crippen LogP contribution is 2.24. The lowest BCUT2D eigenvalue weighted by Gasteiger charge is -2.13. The van der Waals surface area contributed by atoms with Gasteiger partial charge in [0.15, 0.2) is 6.61 Å². The molecule has 116 valence electrons. The molecule has 7 nitrogen and oxygen atoms in total. The second-order valence-corrected chi connectivity index (χ2v) is 4.84. The minimum Gasteiger partial charge on any atom is -0.483 e. The molecule has 7 heteroatoms. The topological polar surface area (TPSA) is 93.5 Å². The van der Waals surface area contributed by atoms with Gasteiger partial charge in [-0.1, -0.05) is 6.92 Å². The Morgan fingerprint density at radius 3 is 2.71 bits per heavy atom. The van der Waals surface area contributed by atoms with Gasteiger partial charge in [-0.05, 0) is 26.5 Å². The van der Waals surface area contributed by atoms with Gasteiger partial charge in [-0.2, -0.15) is 0 Å². The summed E-state index contributed by atoms with van der Waals surface area (Å²) in [5.74, 6) is 0.248. The molecule has 0 aliphatic rings. The van der Waals surface area contributed by atoms with Crippen molar-refractivity contribution in [2.24, 2.45) is 0 Å². The molecule has 0 aliphatic heterocycles. The first-order chi connectivity index (χ1) is 9.93. The molecule has 0 bridgehead atoms. The van der Waals surface area contributed by atoms with Crippen molar-refractivity contribution in [2.75, 3.05) is 13.2 Å². The molecule has 21 heavy (non-hydrogen) atoms. The number of nitro benzene ring substituents is 1. The molecule has 2 N–H and O–H groups in total. The van der Waals surface area contributed by atoms with Gasteiger partial charge in [0.2, 0.25) is 0 Å². The lowest BCUT2D eigenvalue weighted by atomic mass is 10.1. The van der Waals surface area contributed by atoms with E-state index in [1.807, 2.05) is 20.8 Å². The predicted molar refractivity (Wildman–Crippen MR) is 79.3 cm³/mol. The van der Waals surface area contributed by atoms with E-state index in [2.05, 4.69) is 10.6 Å². The third kappa shape index (κ3) is 5.78. The van der Waals surface area contributed by atoms with Crippen LogP contribution in [0, 0.1) is 10.1 Å². The number of rotatable bonds is 8. The van der Waals surface area contributed by atoms with Gasteiger partial charge in [-0.3, -0.25) is 14.9 Å². The predicted octanol–water partition coefficient (Wildman–Crippen LogP) is 1.61. The normalized spacial score (nSPS) is 10.5. The zero-order chi connectivity index (χ0) is 15.8. The maximum Gasteiger partial charge on any atom is 0.270 e. The summed E-state index contributed by atoms with van der Waals surface area (Å²) >= 11 is 0. The van der Waals surface area contributed by atoms with Crippen LogP contribution in [0.3, 0.4) is 0 Å². The van der Waals surface area contributed by atoms with Gasteiger partial charge in [0.25, 0.3) is 11.6 Å². The Bertz CT molecular complexity index is 503. The van der Waals surface area contributed by atoms with Crippen LogP contribution in [0.1, 0.15) is 26.3 Å². The average Bonchev–Trinajstić information content (AvgIpc) is 2.42. The standard InChI is InChI=1S/C14H21N3O4/c1-4-15-8-11-7-12(17(19)20)5-6-13(11)21-9-14(18)16-10(2)3/h5-7,10,15H,4,8-9H2,1-3H3,(H,16,18). The minimum absolute atomic E-state index is 0.00175. The molecule has 1 rings (SSSR count). The third-order valence-corrected chi connectivity index (χ3v) is 2.63. The van der Waals surface area contributed by atoms with E-state index in [-0.39, 0.29) is 24.2 Å². The fraction of sp³-hybridized carbons (Fsp3) is 0.500. The molecular weight excluding hydrogens is 274 g/mol. The Labute approximate surface area is 123 Å². The van der Waals surface area contributed by atoms with E-state index >= 15 is 0 Å². The monoisotopic (exact) mass is 295 g/mol. The van der Waals surface area contributed by atoms with E-state index in [0.717, 1.165) is 6.54 Å². The number of benzene rings is 1. The van der Waals surface area contributed by atoms with Crippen LogP contribution in [-0.2, 0) is 11.3 Å². The highest BCUT2D eigenvalue weighted by atomic mass is 16.6. The second kappa shape index (κ2) is 8.21. The van der Waals surface area contributed by atoms with Gasteiger partial charge in [-0.15, -0.1) is 0 Å². The Morgan fingerprint density at radius 2 is 2.14 bits per heavy atom. The van der Waals surface area contributed by atoms with Crippen molar-refractivity contribution in [1.82, 2.24) is 10.6 Å². The summed E-state index contributed by atoms with van der Waals surface area (Å²) in [6, 6.07) is 4.39. The van der Waals surface area contributed by atoms with Gasteiger partial charge in [-0.25, -0.2) is 0 Å². The van der Waals surface area contributed by atoms with E-state index in [4.69, 9.17) is 4.74 Å². The maximum absolute atomic E-state index is 11.6. The van der Waals surface area contributed by atoms with Crippen LogP contribution in [0.25, 0.3) is 0 Å². The van der Waals surface area contributed by atoms with Gasteiger partial charge in [0.05, 0.1) is 4.92 Å². The fourth-order valence-corrected chi connectivity index (χ4v) is 1.72. The number of nitrogens with zero attached hydrogens (tertiary/aromatic N) is 1. The second-order valence-electron chi connectivity index (χ2n) is 4.84. The lowest BCUT2D eigenvalue weighted by Crippen LogP contribution is -2.34. The Kier molecular flexibility index (Phi) is 6.61. The first-order valence-electron chi connectivity index (χ1n) is 6.84. The zero-order valence-electron chi connectivity index (χ0n) is 12.5. The largest absolute Gasteiger partial charge is 0.483 e. The highest BCUT2D eigenvalue weighted by Gasteiger charge is 2.13. The molecule has 0 atom stereocenters. The van der Waals surface area contributed by atoms with Crippen LogP contribution in [0.5, 0.6) is 5.75 Å². The molecule has 1 aromatic rings. The van der Waals surface area contributed by atoms with Crippen molar-refractivity contribution in [3.8, 4) is 5.75 Å². The first kappa shape index (κ1) is 16.9. The highest BCUT2D eigenvalue weighted by molar-refractivity contribution is 5.77. The van der Waals surface area contributed by atoms with E-state index in [1.54, 1.807) is 0 Å². The molecule has 0 aliphatic carbocycles. The maximum atomic E-state index is 11.6. The molecule has 0 fully saturated rings. The molecule has 1 amide bonds. The molecule has 0 unspecified atom stereocenters. The van der Waals surface area contributed by atoms with Gasteiger partial charge >= 0.3 is 0 Å². The van der Waals surface area contributed by atoms with Gasteiger partial charge < -0.3 is 15.4 Å². The van der Waals surface area contributed by atoms with Crippen LogP contribution in [0.15, 0.2) is 18.2 Å². The molecule has 0 heterocycles. The van der Waals surface area contributed by atoms with Crippen molar-refractivity contribution in [2.45, 2.75) is 33.4 Å². The number of carbonyl (C=O) groups excluding carboxylic acids is 1. The Morgan fingerprint density at radius 1 is 1.43 bits per heavy atom. The summed E-state index contributed by atoms with van der Waals surface area (Å²) in [5.41, 5.74) is 0.658. The van der Waals surface area contributed by atoms with E-state index < -0.39 is 4.92 Å². The summed E-state index contributed by atoms with van der Waals surface area (Å²) in [5, 5.41) is 16.6. The number of hydrogen-bond acceptors (Lipinski definition) is 5. The van der Waals surface area contributed by atoms with Crippen LogP contribution in [0.2, 0.25) is 0 Å². The number of hydrogen-bond donors (Lipinski definition) is 2. The summed E-state index contributed by atoms with van der Waals surface area (Å²) in [4.78, 5) is 21.9. The lowest BCUT2D eigenvalue weighted by molar-refractivity contribution is -0.384. The molecule has 0 aromatic heterocycles. The zero-order valence-corrected chi connectivity index (χ0v) is 12.5. The number of ether oxygens (including phenoxy) is 1. The summed E-state index contributed by atoms with van der Waals surface area (Å²) in [7, 11) is 0. The Balaban J connectivity index is 2.79. The van der Waals surface area contributed by atoms with Crippen molar-refractivity contribution in [3.05, 3.63) is 33.9 Å². The fourth-order valence-electron chi connectivity index (χ4n) is 1.72. The van der Waals surface area contributed by atoms with Crippen LogP contribution < -0.4 is 15.4 Å². The average molecular weight is 295 g/mol. The van der Waals surface area contributed by atoms with Crippen LogP contribution in [-0.4, -0.2) is 30.0 Å². The molecule has 0 saturated carbocycles. The van der Waals surface area contributed by atoms with Crippen molar-refractivity contribution >= 4 is 11.6 Å². The molecule has 0 saturated heterocycles. The van der Waals surface area contributed by atoms with Crippen LogP contribution in [0.4, 0.5) is 5.69 Å². The number of amides is 1. The van der Waals surface area contributed by atoms with Crippen molar-refractivity contribution < 1.29 is 14.5 Å². The summed E-state index contributed by atoms with van der Waals surface area (Å²) in [6.07, 6.45) is 0. The molecule has 1 aromatic carbocycles. The smallest absolute Gasteiger partial charge is 0.270 e. The summed E-state index contributed by atoms with van der Waals surface area (Å²) in [6.45, 7) is 6.72. The molecule has 0 radical (unpaired) electrons. The van der Waals surface area contributed by atoms with Gasteiger partial charge in [0.1, 0.15) is 5.75 Å².